The summed E-state index contributed by atoms with van der Waals surface area (Å²) in [7, 11) is 0. The lowest BCUT2D eigenvalue weighted by molar-refractivity contribution is 0.389. The Labute approximate surface area is 82.8 Å². The SMILES string of the molecule is N#CC1C2C=CC(C2)C1c1ccco1. The Morgan fingerprint density at radius 1 is 1.36 bits per heavy atom. The molecule has 0 radical (unpaired) electrons. The smallest absolute Gasteiger partial charge is 0.108 e. The van der Waals surface area contributed by atoms with Gasteiger partial charge in [-0.2, -0.15) is 5.26 Å². The highest BCUT2D eigenvalue weighted by atomic mass is 16.3. The maximum atomic E-state index is 9.13. The first-order chi connectivity index (χ1) is 6.90. The van der Waals surface area contributed by atoms with Crippen LogP contribution in [0.3, 0.4) is 0 Å². The van der Waals surface area contributed by atoms with E-state index in [9.17, 15) is 0 Å². The number of furan rings is 1. The highest BCUT2D eigenvalue weighted by Crippen LogP contribution is 2.52. The number of nitrogens with zero attached hydrogens (tertiary/aromatic N) is 1. The number of allylic oxidation sites excluding steroid dienone is 2. The highest BCUT2D eigenvalue weighted by Gasteiger charge is 2.46. The van der Waals surface area contributed by atoms with Gasteiger partial charge in [-0.25, -0.2) is 0 Å². The Balaban J connectivity index is 2.01. The fourth-order valence-corrected chi connectivity index (χ4v) is 2.87. The Morgan fingerprint density at radius 2 is 2.21 bits per heavy atom. The zero-order valence-electron chi connectivity index (χ0n) is 7.76. The summed E-state index contributed by atoms with van der Waals surface area (Å²) in [6, 6.07) is 6.31. The topological polar surface area (TPSA) is 36.9 Å². The Morgan fingerprint density at radius 3 is 2.93 bits per heavy atom. The third-order valence-electron chi connectivity index (χ3n) is 3.48. The van der Waals surface area contributed by atoms with E-state index < -0.39 is 0 Å². The molecule has 1 saturated carbocycles. The molecule has 70 valence electrons. The number of hydrogen-bond acceptors (Lipinski definition) is 2. The van der Waals surface area contributed by atoms with Crippen molar-refractivity contribution >= 4 is 0 Å². The second kappa shape index (κ2) is 2.75. The standard InChI is InChI=1S/C12H11NO/c13-7-10-8-3-4-9(6-8)12(10)11-2-1-5-14-11/h1-5,8-10,12H,6H2. The second-order valence-corrected chi connectivity index (χ2v) is 4.14. The summed E-state index contributed by atoms with van der Waals surface area (Å²) in [6.45, 7) is 0. The number of rotatable bonds is 1. The van der Waals surface area contributed by atoms with Gasteiger partial charge in [0.15, 0.2) is 0 Å². The van der Waals surface area contributed by atoms with Gasteiger partial charge in [0.1, 0.15) is 5.76 Å². The summed E-state index contributed by atoms with van der Waals surface area (Å²) >= 11 is 0. The van der Waals surface area contributed by atoms with E-state index in [-0.39, 0.29) is 5.92 Å². The first kappa shape index (κ1) is 7.87. The first-order valence-corrected chi connectivity index (χ1v) is 5.01. The molecule has 4 atom stereocenters. The molecule has 2 aliphatic rings. The molecule has 14 heavy (non-hydrogen) atoms. The van der Waals surface area contributed by atoms with E-state index >= 15 is 0 Å². The first-order valence-electron chi connectivity index (χ1n) is 5.01. The molecule has 0 spiro atoms. The second-order valence-electron chi connectivity index (χ2n) is 4.14. The van der Waals surface area contributed by atoms with Gasteiger partial charge in [-0.15, -0.1) is 0 Å². The molecule has 2 heteroatoms. The zero-order chi connectivity index (χ0) is 9.54. The minimum absolute atomic E-state index is 0.121. The average molecular weight is 185 g/mol. The maximum Gasteiger partial charge on any atom is 0.108 e. The van der Waals surface area contributed by atoms with Crippen molar-refractivity contribution in [3.05, 3.63) is 36.3 Å². The summed E-state index contributed by atoms with van der Waals surface area (Å²) in [5.74, 6) is 2.38. The molecule has 1 aromatic heterocycles. The van der Waals surface area contributed by atoms with Crippen molar-refractivity contribution in [2.45, 2.75) is 12.3 Å². The van der Waals surface area contributed by atoms with Gasteiger partial charge in [-0.05, 0) is 30.4 Å². The van der Waals surface area contributed by atoms with E-state index in [1.807, 2.05) is 12.1 Å². The number of fused-ring (bicyclic) bond motifs is 2. The molecule has 3 rings (SSSR count). The monoisotopic (exact) mass is 185 g/mol. The third-order valence-corrected chi connectivity index (χ3v) is 3.48. The van der Waals surface area contributed by atoms with Crippen molar-refractivity contribution in [2.75, 3.05) is 0 Å². The molecule has 0 saturated heterocycles. The van der Waals surface area contributed by atoms with Crippen LogP contribution < -0.4 is 0 Å². The lowest BCUT2D eigenvalue weighted by Crippen LogP contribution is -2.15. The van der Waals surface area contributed by atoms with Crippen molar-refractivity contribution < 1.29 is 4.42 Å². The Hall–Kier alpha value is -1.49. The molecule has 0 aromatic carbocycles. The van der Waals surface area contributed by atoms with Crippen molar-refractivity contribution in [3.8, 4) is 6.07 Å². The van der Waals surface area contributed by atoms with Crippen LogP contribution in [0.4, 0.5) is 0 Å². The van der Waals surface area contributed by atoms with Crippen LogP contribution in [0.1, 0.15) is 18.1 Å². The van der Waals surface area contributed by atoms with Gasteiger partial charge in [0, 0.05) is 5.92 Å². The molecule has 2 nitrogen and oxygen atoms in total. The number of nitriles is 1. The van der Waals surface area contributed by atoms with E-state index in [4.69, 9.17) is 9.68 Å². The molecule has 2 aliphatic carbocycles. The van der Waals surface area contributed by atoms with E-state index in [2.05, 4.69) is 18.2 Å². The summed E-state index contributed by atoms with van der Waals surface area (Å²) < 4.78 is 5.42. The van der Waals surface area contributed by atoms with Crippen LogP contribution in [-0.4, -0.2) is 0 Å². The van der Waals surface area contributed by atoms with E-state index in [0.717, 1.165) is 12.2 Å². The van der Waals surface area contributed by atoms with Gasteiger partial charge in [0.25, 0.3) is 0 Å². The van der Waals surface area contributed by atoms with Crippen LogP contribution in [0.15, 0.2) is 35.0 Å². The molecule has 0 N–H and O–H groups in total. The Bertz CT molecular complexity index is 398. The highest BCUT2D eigenvalue weighted by molar-refractivity contribution is 5.27. The van der Waals surface area contributed by atoms with Crippen molar-refractivity contribution in [1.82, 2.24) is 0 Å². The van der Waals surface area contributed by atoms with Crippen LogP contribution in [0.25, 0.3) is 0 Å². The lowest BCUT2D eigenvalue weighted by atomic mass is 9.82. The minimum atomic E-state index is 0.121. The van der Waals surface area contributed by atoms with Crippen LogP contribution in [-0.2, 0) is 0 Å². The van der Waals surface area contributed by atoms with Gasteiger partial charge in [0.2, 0.25) is 0 Å². The minimum Gasteiger partial charge on any atom is -0.469 e. The molecular formula is C12H11NO. The summed E-state index contributed by atoms with van der Waals surface area (Å²) in [5.41, 5.74) is 0. The predicted molar refractivity (Wildman–Crippen MR) is 51.3 cm³/mol. The largest absolute Gasteiger partial charge is 0.469 e. The summed E-state index contributed by atoms with van der Waals surface area (Å²) in [6.07, 6.45) is 7.26. The van der Waals surface area contributed by atoms with Gasteiger partial charge < -0.3 is 4.42 Å². The zero-order valence-corrected chi connectivity index (χ0v) is 7.76. The van der Waals surface area contributed by atoms with E-state index in [1.54, 1.807) is 6.26 Å². The van der Waals surface area contributed by atoms with Crippen LogP contribution in [0.2, 0.25) is 0 Å². The maximum absolute atomic E-state index is 9.13. The van der Waals surface area contributed by atoms with Gasteiger partial charge in [-0.3, -0.25) is 0 Å². The predicted octanol–water partition coefficient (Wildman–Crippen LogP) is 2.71. The lowest BCUT2D eigenvalue weighted by Gasteiger charge is -2.20. The van der Waals surface area contributed by atoms with Crippen molar-refractivity contribution in [2.24, 2.45) is 17.8 Å². The van der Waals surface area contributed by atoms with Crippen LogP contribution >= 0.6 is 0 Å². The average Bonchev–Trinajstić information content (AvgIpc) is 2.92. The summed E-state index contributed by atoms with van der Waals surface area (Å²) in [5, 5.41) is 9.13. The molecule has 0 aliphatic heterocycles. The molecule has 1 heterocycles. The molecule has 4 unspecified atom stereocenters. The van der Waals surface area contributed by atoms with Crippen LogP contribution in [0, 0.1) is 29.1 Å². The third kappa shape index (κ3) is 0.899. The molecular weight excluding hydrogens is 174 g/mol. The summed E-state index contributed by atoms with van der Waals surface area (Å²) in [4.78, 5) is 0. The van der Waals surface area contributed by atoms with Crippen molar-refractivity contribution in [1.29, 1.82) is 5.26 Å². The normalized spacial score (nSPS) is 38.8. The van der Waals surface area contributed by atoms with E-state index in [0.29, 0.717) is 17.8 Å². The quantitative estimate of drug-likeness (QED) is 0.631. The Kier molecular flexibility index (Phi) is 1.55. The van der Waals surface area contributed by atoms with Gasteiger partial charge in [-0.1, -0.05) is 12.2 Å². The molecule has 1 aromatic rings. The fraction of sp³-hybridized carbons (Fsp3) is 0.417. The molecule has 2 bridgehead atoms. The van der Waals surface area contributed by atoms with Gasteiger partial charge in [0.05, 0.1) is 18.3 Å². The van der Waals surface area contributed by atoms with Crippen LogP contribution in [0.5, 0.6) is 0 Å². The molecule has 0 amide bonds. The molecule has 1 fully saturated rings. The van der Waals surface area contributed by atoms with Gasteiger partial charge >= 0.3 is 0 Å². The number of hydrogen-bond donors (Lipinski definition) is 0. The van der Waals surface area contributed by atoms with Crippen molar-refractivity contribution in [3.63, 3.8) is 0 Å². The fourth-order valence-electron chi connectivity index (χ4n) is 2.87. The van der Waals surface area contributed by atoms with E-state index in [1.165, 1.54) is 0 Å².